The number of carbonyl (C=O) groups excluding carboxylic acids is 1. The van der Waals surface area contributed by atoms with Gasteiger partial charge in [-0.2, -0.15) is 0 Å². The second kappa shape index (κ2) is 6.97. The molecule has 0 bridgehead atoms. The number of carbonyl (C=O) groups is 1. The van der Waals surface area contributed by atoms with Crippen LogP contribution in [0.1, 0.15) is 39.5 Å². The standard InChI is InChI=1S/C20H19BrO2/c1-12(2)15-6-8-16(9-7-15)14(4)18-11-17(20(22)23-5)10-13(3)19(18)21/h6-11H,1,4H2,2-3,5H3. The van der Waals surface area contributed by atoms with E-state index in [1.165, 1.54) is 7.11 Å². The fraction of sp³-hybridized carbons (Fsp3) is 0.150. The van der Waals surface area contributed by atoms with Crippen molar-refractivity contribution in [3.63, 3.8) is 0 Å². The number of allylic oxidation sites excluding steroid dienone is 1. The molecule has 2 nitrogen and oxygen atoms in total. The van der Waals surface area contributed by atoms with E-state index in [0.29, 0.717) is 5.56 Å². The number of ether oxygens (including phenoxy) is 1. The van der Waals surface area contributed by atoms with Crippen molar-refractivity contribution in [3.05, 3.63) is 81.8 Å². The van der Waals surface area contributed by atoms with E-state index in [2.05, 4.69) is 29.1 Å². The zero-order chi connectivity index (χ0) is 17.1. The maximum atomic E-state index is 11.8. The first-order chi connectivity index (χ1) is 10.8. The number of halogens is 1. The number of hydrogen-bond acceptors (Lipinski definition) is 2. The van der Waals surface area contributed by atoms with E-state index in [4.69, 9.17) is 4.74 Å². The lowest BCUT2D eigenvalue weighted by molar-refractivity contribution is 0.0600. The Bertz CT molecular complexity index is 786. The molecule has 0 aliphatic heterocycles. The molecule has 2 rings (SSSR count). The predicted octanol–water partition coefficient (Wildman–Crippen LogP) is 5.64. The Morgan fingerprint density at radius 2 is 1.61 bits per heavy atom. The van der Waals surface area contributed by atoms with Gasteiger partial charge in [0.1, 0.15) is 0 Å². The summed E-state index contributed by atoms with van der Waals surface area (Å²) in [5.74, 6) is -0.354. The normalized spacial score (nSPS) is 10.3. The number of methoxy groups -OCH3 is 1. The molecule has 0 amide bonds. The van der Waals surface area contributed by atoms with Crippen LogP contribution in [-0.4, -0.2) is 13.1 Å². The lowest BCUT2D eigenvalue weighted by Gasteiger charge is -2.13. The van der Waals surface area contributed by atoms with Crippen LogP contribution in [0.15, 0.2) is 54.0 Å². The van der Waals surface area contributed by atoms with Crippen molar-refractivity contribution in [1.29, 1.82) is 0 Å². The van der Waals surface area contributed by atoms with Gasteiger partial charge in [-0.3, -0.25) is 0 Å². The first-order valence-corrected chi connectivity index (χ1v) is 7.98. The highest BCUT2D eigenvalue weighted by atomic mass is 79.9. The van der Waals surface area contributed by atoms with Crippen molar-refractivity contribution in [1.82, 2.24) is 0 Å². The SMILES string of the molecule is C=C(C)c1ccc(C(=C)c2cc(C(=O)OC)cc(C)c2Br)cc1. The molecule has 2 aromatic rings. The summed E-state index contributed by atoms with van der Waals surface area (Å²) >= 11 is 3.59. The molecule has 0 atom stereocenters. The quantitative estimate of drug-likeness (QED) is 0.651. The fourth-order valence-electron chi connectivity index (χ4n) is 2.34. The summed E-state index contributed by atoms with van der Waals surface area (Å²) in [6, 6.07) is 11.7. The summed E-state index contributed by atoms with van der Waals surface area (Å²) in [6.07, 6.45) is 0. The van der Waals surface area contributed by atoms with Gasteiger partial charge in [-0.05, 0) is 69.7 Å². The fourth-order valence-corrected chi connectivity index (χ4v) is 2.80. The lowest BCUT2D eigenvalue weighted by atomic mass is 9.95. The van der Waals surface area contributed by atoms with E-state index in [1.54, 1.807) is 12.1 Å². The van der Waals surface area contributed by atoms with Crippen LogP contribution in [0.2, 0.25) is 0 Å². The van der Waals surface area contributed by atoms with Gasteiger partial charge in [0, 0.05) is 4.47 Å². The van der Waals surface area contributed by atoms with Gasteiger partial charge in [0.2, 0.25) is 0 Å². The Morgan fingerprint density at radius 1 is 1.04 bits per heavy atom. The molecule has 2 aromatic carbocycles. The first kappa shape index (κ1) is 17.2. The van der Waals surface area contributed by atoms with Gasteiger partial charge in [-0.15, -0.1) is 0 Å². The topological polar surface area (TPSA) is 26.3 Å². The number of hydrogen-bond donors (Lipinski definition) is 0. The highest BCUT2D eigenvalue weighted by molar-refractivity contribution is 9.10. The second-order valence-electron chi connectivity index (χ2n) is 5.48. The third-order valence-electron chi connectivity index (χ3n) is 3.73. The Morgan fingerprint density at radius 3 is 2.13 bits per heavy atom. The largest absolute Gasteiger partial charge is 0.465 e. The van der Waals surface area contributed by atoms with Crippen molar-refractivity contribution in [2.24, 2.45) is 0 Å². The maximum Gasteiger partial charge on any atom is 0.337 e. The molecular weight excluding hydrogens is 352 g/mol. The molecule has 0 radical (unpaired) electrons. The van der Waals surface area contributed by atoms with Crippen LogP contribution in [0.4, 0.5) is 0 Å². The lowest BCUT2D eigenvalue weighted by Crippen LogP contribution is -2.03. The van der Waals surface area contributed by atoms with Gasteiger partial charge in [0.25, 0.3) is 0 Å². The summed E-state index contributed by atoms with van der Waals surface area (Å²) in [4.78, 5) is 11.8. The molecule has 118 valence electrons. The van der Waals surface area contributed by atoms with Crippen LogP contribution >= 0.6 is 15.9 Å². The second-order valence-corrected chi connectivity index (χ2v) is 6.28. The molecule has 0 saturated heterocycles. The van der Waals surface area contributed by atoms with E-state index in [-0.39, 0.29) is 5.97 Å². The molecule has 23 heavy (non-hydrogen) atoms. The Labute approximate surface area is 145 Å². The van der Waals surface area contributed by atoms with Crippen LogP contribution in [0, 0.1) is 6.92 Å². The Balaban J connectivity index is 2.47. The van der Waals surface area contributed by atoms with E-state index in [1.807, 2.05) is 38.1 Å². The predicted molar refractivity (Wildman–Crippen MR) is 99.5 cm³/mol. The summed E-state index contributed by atoms with van der Waals surface area (Å²) in [5.41, 5.74) is 6.32. The third kappa shape index (κ3) is 3.62. The van der Waals surface area contributed by atoms with E-state index < -0.39 is 0 Å². The van der Waals surface area contributed by atoms with Gasteiger partial charge < -0.3 is 4.74 Å². The average Bonchev–Trinajstić information content (AvgIpc) is 2.55. The van der Waals surface area contributed by atoms with Crippen LogP contribution in [0.5, 0.6) is 0 Å². The third-order valence-corrected chi connectivity index (χ3v) is 4.78. The van der Waals surface area contributed by atoms with Crippen molar-refractivity contribution < 1.29 is 9.53 Å². The van der Waals surface area contributed by atoms with Crippen LogP contribution < -0.4 is 0 Å². The van der Waals surface area contributed by atoms with Crippen LogP contribution in [0.3, 0.4) is 0 Å². The highest BCUT2D eigenvalue weighted by Crippen LogP contribution is 2.32. The average molecular weight is 371 g/mol. The Hall–Kier alpha value is -2.13. The van der Waals surface area contributed by atoms with Gasteiger partial charge in [-0.1, -0.05) is 43.0 Å². The van der Waals surface area contributed by atoms with Gasteiger partial charge >= 0.3 is 5.97 Å². The molecule has 0 fully saturated rings. The van der Waals surface area contributed by atoms with E-state index in [0.717, 1.165) is 37.9 Å². The van der Waals surface area contributed by atoms with Gasteiger partial charge in [0.15, 0.2) is 0 Å². The molecule has 0 aliphatic carbocycles. The molecule has 0 spiro atoms. The molecule has 0 aromatic heterocycles. The van der Waals surface area contributed by atoms with Crippen molar-refractivity contribution in [2.75, 3.05) is 7.11 Å². The Kier molecular flexibility index (Phi) is 5.22. The zero-order valence-corrected chi connectivity index (χ0v) is 15.2. The van der Waals surface area contributed by atoms with E-state index >= 15 is 0 Å². The first-order valence-electron chi connectivity index (χ1n) is 7.19. The molecule has 3 heteroatoms. The maximum absolute atomic E-state index is 11.8. The number of rotatable bonds is 4. The van der Waals surface area contributed by atoms with Crippen molar-refractivity contribution in [2.45, 2.75) is 13.8 Å². The molecular formula is C20H19BrO2. The summed E-state index contributed by atoms with van der Waals surface area (Å²) in [6.45, 7) is 12.1. The number of aryl methyl sites for hydroxylation is 1. The summed E-state index contributed by atoms with van der Waals surface area (Å²) < 4.78 is 5.75. The summed E-state index contributed by atoms with van der Waals surface area (Å²) in [7, 11) is 1.38. The number of benzene rings is 2. The number of esters is 1. The molecule has 0 unspecified atom stereocenters. The smallest absolute Gasteiger partial charge is 0.337 e. The van der Waals surface area contributed by atoms with Crippen molar-refractivity contribution >= 4 is 33.0 Å². The highest BCUT2D eigenvalue weighted by Gasteiger charge is 2.14. The molecule has 0 heterocycles. The van der Waals surface area contributed by atoms with Gasteiger partial charge in [-0.25, -0.2) is 4.79 Å². The summed E-state index contributed by atoms with van der Waals surface area (Å²) in [5, 5.41) is 0. The minimum Gasteiger partial charge on any atom is -0.465 e. The van der Waals surface area contributed by atoms with Gasteiger partial charge in [0.05, 0.1) is 12.7 Å². The zero-order valence-electron chi connectivity index (χ0n) is 13.6. The van der Waals surface area contributed by atoms with Crippen molar-refractivity contribution in [3.8, 4) is 0 Å². The molecule has 0 saturated carbocycles. The van der Waals surface area contributed by atoms with Crippen LogP contribution in [-0.2, 0) is 4.74 Å². The molecule has 0 aliphatic rings. The monoisotopic (exact) mass is 370 g/mol. The minimum absolute atomic E-state index is 0.354. The minimum atomic E-state index is -0.354. The van der Waals surface area contributed by atoms with Crippen LogP contribution in [0.25, 0.3) is 11.1 Å². The molecule has 0 N–H and O–H groups in total. The van der Waals surface area contributed by atoms with E-state index in [9.17, 15) is 4.79 Å².